The zero-order valence-corrected chi connectivity index (χ0v) is 10.3. The molecule has 0 amide bonds. The zero-order chi connectivity index (χ0) is 10.5. The summed E-state index contributed by atoms with van der Waals surface area (Å²) in [5.41, 5.74) is 2.77. The fraction of sp³-hybridized carbons (Fsp3) is 0.385. The molecule has 0 spiro atoms. The number of hydrogen-bond acceptors (Lipinski definition) is 2. The van der Waals surface area contributed by atoms with Crippen LogP contribution in [0.5, 0.6) is 5.75 Å². The highest BCUT2D eigenvalue weighted by molar-refractivity contribution is 5.85. The van der Waals surface area contributed by atoms with Crippen molar-refractivity contribution >= 4 is 18.0 Å². The standard InChI is InChI=1S/C13H17NO.ClH/c1-15-13-6-4-12(5-7-13)11-3-2-9-14-10-8-11;/h4-8,14H,2-3,9-10H2,1H3;1H. The summed E-state index contributed by atoms with van der Waals surface area (Å²) in [6, 6.07) is 8.31. The van der Waals surface area contributed by atoms with E-state index < -0.39 is 0 Å². The van der Waals surface area contributed by atoms with Gasteiger partial charge in [0, 0.05) is 6.54 Å². The first-order chi connectivity index (χ1) is 7.40. The normalized spacial score (nSPS) is 15.7. The van der Waals surface area contributed by atoms with E-state index in [1.165, 1.54) is 24.0 Å². The monoisotopic (exact) mass is 239 g/mol. The number of nitrogens with one attached hydrogen (secondary N) is 1. The molecule has 88 valence electrons. The summed E-state index contributed by atoms with van der Waals surface area (Å²) < 4.78 is 5.15. The van der Waals surface area contributed by atoms with Crippen molar-refractivity contribution in [1.29, 1.82) is 0 Å². The van der Waals surface area contributed by atoms with E-state index in [4.69, 9.17) is 4.74 Å². The predicted molar refractivity (Wildman–Crippen MR) is 70.3 cm³/mol. The molecule has 0 radical (unpaired) electrons. The van der Waals surface area contributed by atoms with Gasteiger partial charge in [0.1, 0.15) is 5.75 Å². The van der Waals surface area contributed by atoms with Crippen molar-refractivity contribution in [2.24, 2.45) is 0 Å². The molecule has 2 nitrogen and oxygen atoms in total. The van der Waals surface area contributed by atoms with Gasteiger partial charge in [0.25, 0.3) is 0 Å². The van der Waals surface area contributed by atoms with Crippen LogP contribution >= 0.6 is 12.4 Å². The smallest absolute Gasteiger partial charge is 0.118 e. The third-order valence-electron chi connectivity index (χ3n) is 2.75. The minimum Gasteiger partial charge on any atom is -0.497 e. The van der Waals surface area contributed by atoms with Crippen molar-refractivity contribution in [3.8, 4) is 5.75 Å². The van der Waals surface area contributed by atoms with Crippen molar-refractivity contribution in [3.05, 3.63) is 35.9 Å². The van der Waals surface area contributed by atoms with Gasteiger partial charge in [-0.2, -0.15) is 0 Å². The van der Waals surface area contributed by atoms with Crippen LogP contribution in [0.3, 0.4) is 0 Å². The summed E-state index contributed by atoms with van der Waals surface area (Å²) in [6.45, 7) is 2.11. The average molecular weight is 240 g/mol. The largest absolute Gasteiger partial charge is 0.497 e. The lowest BCUT2D eigenvalue weighted by Gasteiger charge is -2.06. The lowest BCUT2D eigenvalue weighted by Crippen LogP contribution is -2.12. The first kappa shape index (κ1) is 13.1. The summed E-state index contributed by atoms with van der Waals surface area (Å²) in [5.74, 6) is 0.922. The Bertz CT molecular complexity index is 345. The van der Waals surface area contributed by atoms with Crippen LogP contribution in [0.4, 0.5) is 0 Å². The number of benzene rings is 1. The van der Waals surface area contributed by atoms with E-state index in [0.29, 0.717) is 0 Å². The van der Waals surface area contributed by atoms with Crippen LogP contribution in [0.15, 0.2) is 30.3 Å². The highest BCUT2D eigenvalue weighted by Gasteiger charge is 2.04. The number of ether oxygens (including phenoxy) is 1. The summed E-state index contributed by atoms with van der Waals surface area (Å²) >= 11 is 0. The molecule has 0 bridgehead atoms. The van der Waals surface area contributed by atoms with Gasteiger partial charge < -0.3 is 10.1 Å². The van der Waals surface area contributed by atoms with Gasteiger partial charge in [-0.3, -0.25) is 0 Å². The fourth-order valence-corrected chi connectivity index (χ4v) is 1.87. The molecule has 1 heterocycles. The lowest BCUT2D eigenvalue weighted by atomic mass is 10.0. The van der Waals surface area contributed by atoms with E-state index in [1.807, 2.05) is 12.1 Å². The second kappa shape index (κ2) is 6.56. The molecular weight excluding hydrogens is 222 g/mol. The minimum atomic E-state index is 0. The molecule has 0 unspecified atom stereocenters. The summed E-state index contributed by atoms with van der Waals surface area (Å²) in [4.78, 5) is 0. The van der Waals surface area contributed by atoms with Crippen LogP contribution in [0.25, 0.3) is 5.57 Å². The lowest BCUT2D eigenvalue weighted by molar-refractivity contribution is 0.415. The summed E-state index contributed by atoms with van der Waals surface area (Å²) in [6.07, 6.45) is 4.67. The molecule has 16 heavy (non-hydrogen) atoms. The molecule has 3 heteroatoms. The van der Waals surface area contributed by atoms with E-state index in [0.717, 1.165) is 18.8 Å². The van der Waals surface area contributed by atoms with Crippen LogP contribution in [-0.2, 0) is 0 Å². The molecule has 0 aromatic heterocycles. The van der Waals surface area contributed by atoms with E-state index in [1.54, 1.807) is 7.11 Å². The minimum absolute atomic E-state index is 0. The van der Waals surface area contributed by atoms with Crippen LogP contribution < -0.4 is 10.1 Å². The average Bonchev–Trinajstić information content (AvgIpc) is 2.58. The molecule has 0 saturated heterocycles. The third-order valence-corrected chi connectivity index (χ3v) is 2.75. The fourth-order valence-electron chi connectivity index (χ4n) is 1.87. The van der Waals surface area contributed by atoms with Gasteiger partial charge in [-0.1, -0.05) is 18.2 Å². The molecule has 0 saturated carbocycles. The quantitative estimate of drug-likeness (QED) is 0.857. The number of halogens is 1. The van der Waals surface area contributed by atoms with E-state index in [2.05, 4.69) is 23.5 Å². The Balaban J connectivity index is 0.00000128. The third kappa shape index (κ3) is 3.26. The van der Waals surface area contributed by atoms with E-state index >= 15 is 0 Å². The molecule has 1 aromatic carbocycles. The molecule has 1 aliphatic rings. The Labute approximate surface area is 103 Å². The van der Waals surface area contributed by atoms with Crippen molar-refractivity contribution in [1.82, 2.24) is 5.32 Å². The number of allylic oxidation sites excluding steroid dienone is 1. The van der Waals surface area contributed by atoms with E-state index in [-0.39, 0.29) is 12.4 Å². The molecular formula is C13H18ClNO. The van der Waals surface area contributed by atoms with Gasteiger partial charge in [0.15, 0.2) is 0 Å². The van der Waals surface area contributed by atoms with Crippen molar-refractivity contribution in [2.75, 3.05) is 20.2 Å². The Hall–Kier alpha value is -0.990. The van der Waals surface area contributed by atoms with Crippen LogP contribution in [-0.4, -0.2) is 20.2 Å². The topological polar surface area (TPSA) is 21.3 Å². The molecule has 2 rings (SSSR count). The number of hydrogen-bond donors (Lipinski definition) is 1. The molecule has 0 fully saturated rings. The Morgan fingerprint density at radius 2 is 1.94 bits per heavy atom. The van der Waals surface area contributed by atoms with Gasteiger partial charge >= 0.3 is 0 Å². The maximum atomic E-state index is 5.15. The molecule has 0 aliphatic carbocycles. The molecule has 1 aromatic rings. The predicted octanol–water partition coefficient (Wildman–Crippen LogP) is 2.88. The first-order valence-electron chi connectivity index (χ1n) is 5.44. The number of rotatable bonds is 2. The van der Waals surface area contributed by atoms with Gasteiger partial charge in [0.05, 0.1) is 7.11 Å². The Morgan fingerprint density at radius 3 is 2.62 bits per heavy atom. The first-order valence-corrected chi connectivity index (χ1v) is 5.44. The van der Waals surface area contributed by atoms with Crippen LogP contribution in [0.1, 0.15) is 18.4 Å². The SMILES string of the molecule is COc1ccc(C2=CCNCCC2)cc1.Cl. The maximum Gasteiger partial charge on any atom is 0.118 e. The van der Waals surface area contributed by atoms with Crippen LogP contribution in [0, 0.1) is 0 Å². The van der Waals surface area contributed by atoms with Crippen molar-refractivity contribution in [3.63, 3.8) is 0 Å². The number of methoxy groups -OCH3 is 1. The highest BCUT2D eigenvalue weighted by atomic mass is 35.5. The summed E-state index contributed by atoms with van der Waals surface area (Å²) in [5, 5.41) is 3.37. The summed E-state index contributed by atoms with van der Waals surface area (Å²) in [7, 11) is 1.70. The molecule has 0 atom stereocenters. The van der Waals surface area contributed by atoms with Gasteiger partial charge in [-0.25, -0.2) is 0 Å². The van der Waals surface area contributed by atoms with Gasteiger partial charge in [0.2, 0.25) is 0 Å². The molecule has 1 N–H and O–H groups in total. The van der Waals surface area contributed by atoms with Gasteiger partial charge in [-0.15, -0.1) is 12.4 Å². The van der Waals surface area contributed by atoms with Crippen LogP contribution in [0.2, 0.25) is 0 Å². The Kier molecular flexibility index (Phi) is 5.36. The van der Waals surface area contributed by atoms with Crippen molar-refractivity contribution < 1.29 is 4.74 Å². The second-order valence-corrected chi connectivity index (χ2v) is 3.77. The van der Waals surface area contributed by atoms with Gasteiger partial charge in [-0.05, 0) is 42.7 Å². The van der Waals surface area contributed by atoms with Crippen molar-refractivity contribution in [2.45, 2.75) is 12.8 Å². The second-order valence-electron chi connectivity index (χ2n) is 3.77. The Morgan fingerprint density at radius 1 is 1.19 bits per heavy atom. The molecule has 1 aliphatic heterocycles. The highest BCUT2D eigenvalue weighted by Crippen LogP contribution is 2.23. The zero-order valence-electron chi connectivity index (χ0n) is 9.53. The maximum absolute atomic E-state index is 5.15. The van der Waals surface area contributed by atoms with E-state index in [9.17, 15) is 0 Å².